The zero-order valence-electron chi connectivity index (χ0n) is 10.6. The zero-order chi connectivity index (χ0) is 13.2. The van der Waals surface area contributed by atoms with Crippen molar-refractivity contribution in [3.8, 4) is 0 Å². The van der Waals surface area contributed by atoms with E-state index < -0.39 is 5.97 Å². The largest absolute Gasteiger partial charge is 0.478 e. The summed E-state index contributed by atoms with van der Waals surface area (Å²) in [5.74, 6) is -0.895. The molecule has 1 aromatic rings. The molecule has 0 aliphatic rings. The Hall–Kier alpha value is -1.03. The molecule has 0 saturated carbocycles. The van der Waals surface area contributed by atoms with Gasteiger partial charge in [0, 0.05) is 18.1 Å². The molecule has 1 rings (SSSR count). The van der Waals surface area contributed by atoms with Crippen molar-refractivity contribution >= 4 is 27.6 Å². The van der Waals surface area contributed by atoms with Crippen LogP contribution in [0.2, 0.25) is 0 Å². The highest BCUT2D eigenvalue weighted by atomic mass is 79.9. The van der Waals surface area contributed by atoms with Crippen molar-refractivity contribution in [1.82, 2.24) is 0 Å². The van der Waals surface area contributed by atoms with E-state index in [1.807, 2.05) is 18.0 Å². The van der Waals surface area contributed by atoms with Crippen molar-refractivity contribution in [3.63, 3.8) is 0 Å². The number of anilines is 1. The predicted octanol–water partition coefficient (Wildman–Crippen LogP) is 3.63. The van der Waals surface area contributed by atoms with Crippen LogP contribution in [0.1, 0.15) is 31.1 Å². The fourth-order valence-corrected chi connectivity index (χ4v) is 2.15. The maximum atomic E-state index is 11.2. The van der Waals surface area contributed by atoms with Gasteiger partial charge >= 0.3 is 5.97 Å². The van der Waals surface area contributed by atoms with Gasteiger partial charge in [0.1, 0.15) is 0 Å². The van der Waals surface area contributed by atoms with Crippen LogP contribution in [0.25, 0.3) is 0 Å². The molecule has 0 aromatic heterocycles. The van der Waals surface area contributed by atoms with Gasteiger partial charge in [0.05, 0.1) is 11.3 Å². The molecule has 0 amide bonds. The number of nitrogens with zero attached hydrogens (tertiary/aromatic N) is 1. The molecule has 0 aliphatic heterocycles. The van der Waals surface area contributed by atoms with E-state index in [2.05, 4.69) is 36.7 Å². The van der Waals surface area contributed by atoms with Crippen LogP contribution in [0.4, 0.5) is 5.69 Å². The van der Waals surface area contributed by atoms with Gasteiger partial charge in [-0.15, -0.1) is 0 Å². The molecule has 1 aromatic carbocycles. The van der Waals surface area contributed by atoms with E-state index in [1.165, 1.54) is 0 Å². The Kier molecular flexibility index (Phi) is 4.20. The maximum Gasteiger partial charge on any atom is 0.337 e. The molecule has 0 fully saturated rings. The third kappa shape index (κ3) is 4.04. The second-order valence-electron chi connectivity index (χ2n) is 5.38. The Labute approximate surface area is 111 Å². The van der Waals surface area contributed by atoms with Gasteiger partial charge in [0.25, 0.3) is 0 Å². The van der Waals surface area contributed by atoms with E-state index in [0.29, 0.717) is 5.56 Å². The summed E-state index contributed by atoms with van der Waals surface area (Å²) in [5.41, 5.74) is 1.19. The normalized spacial score (nSPS) is 11.4. The van der Waals surface area contributed by atoms with Crippen LogP contribution in [0.5, 0.6) is 0 Å². The molecule has 0 unspecified atom stereocenters. The first kappa shape index (κ1) is 14.0. The highest BCUT2D eigenvalue weighted by Gasteiger charge is 2.18. The van der Waals surface area contributed by atoms with Crippen LogP contribution in [-0.4, -0.2) is 24.7 Å². The number of rotatable bonds is 3. The summed E-state index contributed by atoms with van der Waals surface area (Å²) in [7, 11) is 1.92. The van der Waals surface area contributed by atoms with E-state index in [4.69, 9.17) is 5.11 Å². The molecule has 0 bridgehead atoms. The summed E-state index contributed by atoms with van der Waals surface area (Å²) < 4.78 is 0.887. The molecular weight excluding hydrogens is 282 g/mol. The summed E-state index contributed by atoms with van der Waals surface area (Å²) in [6, 6.07) is 5.22. The average Bonchev–Trinajstić information content (AvgIpc) is 2.14. The van der Waals surface area contributed by atoms with Crippen molar-refractivity contribution in [2.24, 2.45) is 5.41 Å². The van der Waals surface area contributed by atoms with Gasteiger partial charge < -0.3 is 10.0 Å². The molecule has 0 atom stereocenters. The highest BCUT2D eigenvalue weighted by Crippen LogP contribution is 2.27. The van der Waals surface area contributed by atoms with Crippen LogP contribution < -0.4 is 4.90 Å². The van der Waals surface area contributed by atoms with E-state index in [1.54, 1.807) is 12.1 Å². The van der Waals surface area contributed by atoms with Gasteiger partial charge in [-0.3, -0.25) is 0 Å². The second kappa shape index (κ2) is 5.08. The molecule has 0 aliphatic carbocycles. The summed E-state index contributed by atoms with van der Waals surface area (Å²) in [4.78, 5) is 13.1. The first-order valence-electron chi connectivity index (χ1n) is 5.45. The molecule has 0 saturated heterocycles. The number of halogens is 1. The van der Waals surface area contributed by atoms with Crippen LogP contribution >= 0.6 is 15.9 Å². The van der Waals surface area contributed by atoms with Crippen LogP contribution in [0.3, 0.4) is 0 Å². The number of carboxylic acids is 1. The lowest BCUT2D eigenvalue weighted by molar-refractivity contribution is 0.0697. The standard InChI is InChI=1S/C13H18BrNO2/c1-13(2,3)8-15(4)11-7-9(14)5-6-10(11)12(16)17/h5-7H,8H2,1-4H3,(H,16,17). The molecule has 1 N–H and O–H groups in total. The van der Waals surface area contributed by atoms with Crippen molar-refractivity contribution in [2.75, 3.05) is 18.5 Å². The van der Waals surface area contributed by atoms with Crippen molar-refractivity contribution in [2.45, 2.75) is 20.8 Å². The second-order valence-corrected chi connectivity index (χ2v) is 6.30. The number of hydrogen-bond acceptors (Lipinski definition) is 2. The van der Waals surface area contributed by atoms with Gasteiger partial charge in [-0.2, -0.15) is 0 Å². The number of benzene rings is 1. The molecular formula is C13H18BrNO2. The number of hydrogen-bond donors (Lipinski definition) is 1. The summed E-state index contributed by atoms with van der Waals surface area (Å²) in [6.07, 6.45) is 0. The van der Waals surface area contributed by atoms with E-state index in [-0.39, 0.29) is 5.41 Å². The Morgan fingerprint density at radius 2 is 2.00 bits per heavy atom. The van der Waals surface area contributed by atoms with Gasteiger partial charge in [-0.1, -0.05) is 36.7 Å². The summed E-state index contributed by atoms with van der Waals surface area (Å²) >= 11 is 3.37. The Bertz CT molecular complexity index is 424. The van der Waals surface area contributed by atoms with Gasteiger partial charge in [0.15, 0.2) is 0 Å². The topological polar surface area (TPSA) is 40.5 Å². The van der Waals surface area contributed by atoms with E-state index in [9.17, 15) is 4.79 Å². The first-order valence-corrected chi connectivity index (χ1v) is 6.24. The third-order valence-electron chi connectivity index (χ3n) is 2.31. The van der Waals surface area contributed by atoms with Gasteiger partial charge in [-0.25, -0.2) is 4.79 Å². The first-order chi connectivity index (χ1) is 7.70. The van der Waals surface area contributed by atoms with Crippen molar-refractivity contribution < 1.29 is 9.90 Å². The molecule has 0 radical (unpaired) electrons. The quantitative estimate of drug-likeness (QED) is 0.926. The third-order valence-corrected chi connectivity index (χ3v) is 2.81. The van der Waals surface area contributed by atoms with Gasteiger partial charge in [-0.05, 0) is 23.6 Å². The van der Waals surface area contributed by atoms with E-state index >= 15 is 0 Å². The number of carboxylic acid groups (broad SMARTS) is 1. The molecule has 0 heterocycles. The average molecular weight is 300 g/mol. The fourth-order valence-electron chi connectivity index (χ4n) is 1.80. The van der Waals surface area contributed by atoms with Crippen LogP contribution in [0, 0.1) is 5.41 Å². The number of carbonyl (C=O) groups is 1. The monoisotopic (exact) mass is 299 g/mol. The van der Waals surface area contributed by atoms with Crippen molar-refractivity contribution in [3.05, 3.63) is 28.2 Å². The highest BCUT2D eigenvalue weighted by molar-refractivity contribution is 9.10. The lowest BCUT2D eigenvalue weighted by Gasteiger charge is -2.29. The van der Waals surface area contributed by atoms with Gasteiger partial charge in [0.2, 0.25) is 0 Å². The Morgan fingerprint density at radius 3 is 2.47 bits per heavy atom. The fraction of sp³-hybridized carbons (Fsp3) is 0.462. The van der Waals surface area contributed by atoms with Crippen LogP contribution in [0.15, 0.2) is 22.7 Å². The molecule has 0 spiro atoms. The zero-order valence-corrected chi connectivity index (χ0v) is 12.2. The number of aromatic carboxylic acids is 1. The SMILES string of the molecule is CN(CC(C)(C)C)c1cc(Br)ccc1C(=O)O. The van der Waals surface area contributed by atoms with Crippen LogP contribution in [-0.2, 0) is 0 Å². The smallest absolute Gasteiger partial charge is 0.337 e. The predicted molar refractivity (Wildman–Crippen MR) is 73.8 cm³/mol. The minimum Gasteiger partial charge on any atom is -0.478 e. The maximum absolute atomic E-state index is 11.2. The summed E-state index contributed by atoms with van der Waals surface area (Å²) in [6.45, 7) is 7.18. The summed E-state index contributed by atoms with van der Waals surface area (Å²) in [5, 5.41) is 9.16. The molecule has 17 heavy (non-hydrogen) atoms. The molecule has 3 nitrogen and oxygen atoms in total. The van der Waals surface area contributed by atoms with E-state index in [0.717, 1.165) is 16.7 Å². The lowest BCUT2D eigenvalue weighted by Crippen LogP contribution is -2.30. The molecule has 94 valence electrons. The molecule has 4 heteroatoms. The minimum atomic E-state index is -0.895. The van der Waals surface area contributed by atoms with Crippen molar-refractivity contribution in [1.29, 1.82) is 0 Å². The Balaban J connectivity index is 3.10. The minimum absolute atomic E-state index is 0.118. The Morgan fingerprint density at radius 1 is 1.41 bits per heavy atom. The lowest BCUT2D eigenvalue weighted by atomic mass is 9.95.